The molecule has 0 saturated carbocycles. The van der Waals surface area contributed by atoms with Crippen LogP contribution >= 0.6 is 23.8 Å². The van der Waals surface area contributed by atoms with Gasteiger partial charge in [-0.05, 0) is 140 Å². The van der Waals surface area contributed by atoms with Crippen LogP contribution in [0, 0.1) is 0 Å². The third-order valence-electron chi connectivity index (χ3n) is 15.2. The van der Waals surface area contributed by atoms with E-state index < -0.39 is 29.2 Å². The normalized spacial score (nSPS) is 12.0. The van der Waals surface area contributed by atoms with Gasteiger partial charge in [0.05, 0.1) is 18.6 Å². The molecule has 436 valence electrons. The Morgan fingerprint density at radius 3 is 0.989 bits per heavy atom. The van der Waals surface area contributed by atoms with Crippen molar-refractivity contribution in [1.29, 1.82) is 0 Å². The first-order valence-corrected chi connectivity index (χ1v) is 32.7. The first kappa shape index (κ1) is 60.5. The molecule has 11 rings (SSSR count). The number of para-hydroxylation sites is 1. The van der Waals surface area contributed by atoms with Gasteiger partial charge in [-0.15, -0.1) is 0 Å². The summed E-state index contributed by atoms with van der Waals surface area (Å²) in [6, 6.07) is 77.5. The van der Waals surface area contributed by atoms with Crippen molar-refractivity contribution in [1.82, 2.24) is 0 Å². The molecule has 0 atom stereocenters. The summed E-state index contributed by atoms with van der Waals surface area (Å²) in [5.41, 5.74) is 11.5. The Morgan fingerprint density at radius 1 is 0.322 bits per heavy atom. The summed E-state index contributed by atoms with van der Waals surface area (Å²) in [6.45, 7) is 2.54. The molecule has 9 aromatic carbocycles. The van der Waals surface area contributed by atoms with Gasteiger partial charge in [-0.1, -0.05) is 140 Å². The number of hydrogen-bond acceptors (Lipinski definition) is 12. The maximum Gasteiger partial charge on any atom is 0.263 e. The van der Waals surface area contributed by atoms with Gasteiger partial charge in [-0.3, -0.25) is 0 Å². The molecule has 0 fully saturated rings. The van der Waals surface area contributed by atoms with Crippen molar-refractivity contribution < 1.29 is 67.4 Å². The van der Waals surface area contributed by atoms with Crippen LogP contribution in [0.4, 0.5) is 0 Å². The zero-order valence-electron chi connectivity index (χ0n) is 46.9. The molecule has 11 aromatic rings. The molecule has 2 aromatic heterocycles. The number of aromatic nitrogens is 2. The van der Waals surface area contributed by atoms with E-state index in [9.17, 15) is 44.0 Å². The third kappa shape index (κ3) is 14.5. The lowest BCUT2D eigenvalue weighted by molar-refractivity contribution is -0.688. The quantitative estimate of drug-likeness (QED) is 0.0164. The second kappa shape index (κ2) is 26.4. The van der Waals surface area contributed by atoms with Gasteiger partial charge in [0.25, 0.3) is 23.8 Å². The standard InChI is InChI=1S/C70H59N2O12P3/c73-85(74,75)67-32-14-55(15-33-67)52-8-20-60(21-9-52)70(61-22-10-53(11-23-61)56-16-34-68(35-17-56)86(76,77)78,62-24-12-54(13-25-62)57-18-36-69(37-19-57)87(79,80)81)63-26-28-64(29-27-63)72-44-40-59(41-45-72)58-38-42-71(43-39-58)50-51-6-30-66(31-7-51)84-49-47-82-46-48-83-65-4-2-1-3-5-65/h1-45H,46-50H2,(H4-2,73,74,75,76,77,78,79,80,81)/p+2. The van der Waals surface area contributed by atoms with Crippen LogP contribution < -0.4 is 49.2 Å². The highest BCUT2D eigenvalue weighted by Gasteiger charge is 2.39. The topological polar surface area (TPSA) is 226 Å². The van der Waals surface area contributed by atoms with Gasteiger partial charge in [0.1, 0.15) is 40.6 Å². The van der Waals surface area contributed by atoms with Crippen molar-refractivity contribution in [2.24, 2.45) is 0 Å². The molecule has 17 heteroatoms. The first-order chi connectivity index (χ1) is 42.0. The maximum absolute atomic E-state index is 12.1. The number of hydrogen-bond donors (Lipinski definition) is 6. The maximum atomic E-state index is 12.1. The Morgan fingerprint density at radius 2 is 0.632 bits per heavy atom. The van der Waals surface area contributed by atoms with Gasteiger partial charge >= 0.3 is 0 Å². The van der Waals surface area contributed by atoms with E-state index >= 15 is 0 Å². The lowest BCUT2D eigenvalue weighted by atomic mass is 9.64. The minimum Gasteiger partial charge on any atom is -0.627 e. The van der Waals surface area contributed by atoms with E-state index in [1.165, 1.54) is 36.4 Å². The van der Waals surface area contributed by atoms with Gasteiger partial charge in [-0.25, -0.2) is 33.9 Å². The minimum absolute atomic E-state index is 0.0753. The van der Waals surface area contributed by atoms with Gasteiger partial charge in [0.15, 0.2) is 31.3 Å². The van der Waals surface area contributed by atoms with Crippen LogP contribution in [0.3, 0.4) is 0 Å². The average Bonchev–Trinajstić information content (AvgIpc) is 0.797. The smallest absolute Gasteiger partial charge is 0.263 e. The number of rotatable bonds is 22. The van der Waals surface area contributed by atoms with E-state index in [2.05, 4.69) is 119 Å². The van der Waals surface area contributed by atoms with Crippen LogP contribution in [-0.4, -0.2) is 55.8 Å². The molecule has 0 spiro atoms. The molecule has 87 heavy (non-hydrogen) atoms. The first-order valence-electron chi connectivity index (χ1n) is 27.9. The lowest BCUT2D eigenvalue weighted by Crippen LogP contribution is -2.33. The Bertz CT molecular complexity index is 3770. The second-order valence-corrected chi connectivity index (χ2v) is 25.6. The van der Waals surface area contributed by atoms with Gasteiger partial charge in [0.2, 0.25) is 5.69 Å². The van der Waals surface area contributed by atoms with Crippen molar-refractivity contribution in [2.75, 3.05) is 26.4 Å². The molecule has 0 amide bonds. The third-order valence-corrected chi connectivity index (χ3v) is 18.2. The van der Waals surface area contributed by atoms with Crippen molar-refractivity contribution in [3.05, 3.63) is 301 Å². The molecule has 2 heterocycles. The summed E-state index contributed by atoms with van der Waals surface area (Å²) in [7, 11) is -13.4. The second-order valence-electron chi connectivity index (χ2n) is 20.8. The molecule has 0 saturated heterocycles. The highest BCUT2D eigenvalue weighted by molar-refractivity contribution is 7.66. The van der Waals surface area contributed by atoms with Gasteiger partial charge in [0, 0.05) is 42.0 Å². The number of pyridine rings is 2. The number of ether oxygens (including phenoxy) is 3. The summed E-state index contributed by atoms with van der Waals surface area (Å²) >= 11 is 0. The molecule has 0 radical (unpaired) electrons. The zero-order valence-corrected chi connectivity index (χ0v) is 49.6. The van der Waals surface area contributed by atoms with Crippen molar-refractivity contribution in [3.63, 3.8) is 0 Å². The summed E-state index contributed by atoms with van der Waals surface area (Å²) < 4.78 is 21.4. The van der Waals surface area contributed by atoms with E-state index in [0.717, 1.165) is 89.5 Å². The molecule has 0 aliphatic rings. The van der Waals surface area contributed by atoms with Crippen LogP contribution in [0.25, 0.3) is 50.2 Å². The Labute approximate surface area is 506 Å². The minimum atomic E-state index is -4.46. The molecule has 0 aliphatic heterocycles. The summed E-state index contributed by atoms with van der Waals surface area (Å²) in [5, 5.41) is -0.226. The highest BCUT2D eigenvalue weighted by atomic mass is 31.2. The fourth-order valence-corrected chi connectivity index (χ4v) is 12.3. The monoisotopic (exact) mass is 1210 g/mol. The number of nitrogens with zero attached hydrogens (tertiary/aromatic N) is 2. The van der Waals surface area contributed by atoms with Crippen LogP contribution in [-0.2, 0) is 16.7 Å². The summed E-state index contributed by atoms with van der Waals surface area (Å²) in [5.74, 6) is 1.60. The predicted octanol–water partition coefficient (Wildman–Crippen LogP) is 8.02. The number of benzene rings is 9. The molecule has 14 nitrogen and oxygen atoms in total. The van der Waals surface area contributed by atoms with E-state index in [-0.39, 0.29) is 15.9 Å². The zero-order chi connectivity index (χ0) is 60.6. The highest BCUT2D eigenvalue weighted by Crippen LogP contribution is 2.47. The molecule has 0 aliphatic carbocycles. The van der Waals surface area contributed by atoms with E-state index in [1.807, 2.05) is 91.3 Å². The van der Waals surface area contributed by atoms with Crippen LogP contribution in [0.1, 0.15) is 27.8 Å². The average molecular weight is 1220 g/mol. The Balaban J connectivity index is 0.866. The van der Waals surface area contributed by atoms with Crippen molar-refractivity contribution >= 4 is 39.7 Å². The molecule has 6 N–H and O–H groups in total. The molecular weight excluding hydrogens is 1150 g/mol. The largest absolute Gasteiger partial charge is 0.627 e. The van der Waals surface area contributed by atoms with E-state index in [4.69, 9.17) is 14.2 Å². The lowest BCUT2D eigenvalue weighted by Gasteiger charge is -2.37. The van der Waals surface area contributed by atoms with Crippen LogP contribution in [0.15, 0.2) is 274 Å². The van der Waals surface area contributed by atoms with Gasteiger partial charge in [-0.2, -0.15) is 4.57 Å². The van der Waals surface area contributed by atoms with E-state index in [0.29, 0.717) is 33.0 Å². The SMILES string of the molecule is [O-][P+](O)(O)c1ccc(-c2ccc(C(c3ccc(-c4ccc([P+]([O-])(O)O)cc4)cc3)(c3ccc(-c4ccc([P+]([O-])(O)O)cc4)cc3)c3ccc(-[n+]4ccc(-c5cc[n+](Cc6ccc(OCCOCCOc7ccccc7)cc6)cc5)cc4)cc3)cc2)cc1. The Kier molecular flexibility index (Phi) is 18.3. The van der Waals surface area contributed by atoms with E-state index in [1.54, 1.807) is 36.4 Å². The van der Waals surface area contributed by atoms with Crippen molar-refractivity contribution in [2.45, 2.75) is 12.0 Å². The molecule has 0 unspecified atom stereocenters. The molecular formula is C70H61N2O12P3+2. The predicted molar refractivity (Wildman–Crippen MR) is 335 cm³/mol. The fraction of sp³-hybridized carbons (Fsp3) is 0.0857. The molecule has 0 bridgehead atoms. The summed E-state index contributed by atoms with van der Waals surface area (Å²) in [4.78, 5) is 95.1. The Hall–Kier alpha value is -8.23. The van der Waals surface area contributed by atoms with Crippen LogP contribution in [0.2, 0.25) is 0 Å². The van der Waals surface area contributed by atoms with Gasteiger partial charge < -0.3 is 28.9 Å². The van der Waals surface area contributed by atoms with Crippen LogP contribution in [0.5, 0.6) is 11.5 Å². The summed E-state index contributed by atoms with van der Waals surface area (Å²) in [6.07, 6.45) is 8.22. The van der Waals surface area contributed by atoms with Crippen molar-refractivity contribution in [3.8, 4) is 61.7 Å². The fourth-order valence-electron chi connectivity index (χ4n) is 10.7.